The second-order valence-corrected chi connectivity index (χ2v) is 13.8. The molecule has 0 saturated heterocycles. The van der Waals surface area contributed by atoms with Crippen LogP contribution in [-0.2, 0) is 26.5 Å². The standard InChI is InChI=1S/C42H34N6O.Pt/c1-25-11-9-12-26(2)39(25)46-22-21-43-41(46)47-35-15-8-7-13-30(35)31-19-17-29(24-37(31)47)49-28-18-20-32-33(23-28)40-44-27(3)45-48(40)36-16-10-14-34(38(32)36)42(4,5)6;/h7-22H,1-6H3;/q-2;+2. The number of imidazole rings is 1. The fourth-order valence-corrected chi connectivity index (χ4v) is 7.37. The molecule has 0 aliphatic carbocycles. The van der Waals surface area contributed by atoms with E-state index in [-0.39, 0.29) is 26.5 Å². The molecule has 0 atom stereocenters. The van der Waals surface area contributed by atoms with Gasteiger partial charge >= 0.3 is 21.1 Å². The van der Waals surface area contributed by atoms with Crippen LogP contribution < -0.4 is 4.74 Å². The van der Waals surface area contributed by atoms with Gasteiger partial charge in [-0.25, -0.2) is 4.98 Å². The van der Waals surface area contributed by atoms with Gasteiger partial charge < -0.3 is 9.30 Å². The maximum absolute atomic E-state index is 6.57. The molecule has 248 valence electrons. The van der Waals surface area contributed by atoms with Gasteiger partial charge in [0.25, 0.3) is 0 Å². The van der Waals surface area contributed by atoms with Crippen molar-refractivity contribution in [3.05, 3.63) is 132 Å². The monoisotopic (exact) mass is 833 g/mol. The van der Waals surface area contributed by atoms with Crippen LogP contribution in [0.15, 0.2) is 97.3 Å². The van der Waals surface area contributed by atoms with Gasteiger partial charge in [-0.05, 0) is 65.8 Å². The zero-order chi connectivity index (χ0) is 33.6. The minimum Gasteiger partial charge on any atom is -0.503 e. The quantitative estimate of drug-likeness (QED) is 0.131. The summed E-state index contributed by atoms with van der Waals surface area (Å²) >= 11 is 0. The Morgan fingerprint density at radius 1 is 0.720 bits per heavy atom. The topological polar surface area (TPSA) is 62.2 Å². The number of pyridine rings is 1. The van der Waals surface area contributed by atoms with Crippen molar-refractivity contribution in [1.29, 1.82) is 0 Å². The van der Waals surface area contributed by atoms with Crippen molar-refractivity contribution in [2.24, 2.45) is 0 Å². The molecule has 0 spiro atoms. The average molecular weight is 834 g/mol. The zero-order valence-electron chi connectivity index (χ0n) is 28.6. The summed E-state index contributed by atoms with van der Waals surface area (Å²) in [6, 6.07) is 36.6. The van der Waals surface area contributed by atoms with E-state index in [1.165, 1.54) is 16.7 Å². The fourth-order valence-electron chi connectivity index (χ4n) is 7.37. The van der Waals surface area contributed by atoms with Gasteiger partial charge in [0.1, 0.15) is 5.82 Å². The van der Waals surface area contributed by atoms with Crippen molar-refractivity contribution in [2.75, 3.05) is 0 Å². The van der Waals surface area contributed by atoms with Crippen molar-refractivity contribution >= 4 is 49.1 Å². The molecule has 9 rings (SSSR count). The Morgan fingerprint density at radius 2 is 1.42 bits per heavy atom. The molecule has 0 bridgehead atoms. The van der Waals surface area contributed by atoms with Crippen LogP contribution in [0.5, 0.6) is 11.5 Å². The minimum absolute atomic E-state index is 0. The predicted molar refractivity (Wildman–Crippen MR) is 197 cm³/mol. The molecule has 4 aromatic heterocycles. The van der Waals surface area contributed by atoms with Gasteiger partial charge in [-0.3, -0.25) is 14.1 Å². The van der Waals surface area contributed by atoms with Crippen molar-refractivity contribution in [2.45, 2.75) is 47.0 Å². The number of rotatable bonds is 4. The molecule has 0 N–H and O–H groups in total. The largest absolute Gasteiger partial charge is 2.00 e. The predicted octanol–water partition coefficient (Wildman–Crippen LogP) is 9.93. The zero-order valence-corrected chi connectivity index (χ0v) is 30.9. The van der Waals surface area contributed by atoms with Crippen LogP contribution in [0.4, 0.5) is 0 Å². The van der Waals surface area contributed by atoms with Crippen molar-refractivity contribution in [1.82, 2.24) is 28.7 Å². The summed E-state index contributed by atoms with van der Waals surface area (Å²) in [5.74, 6) is 2.67. The number of hydrogen-bond acceptors (Lipinski definition) is 4. The third kappa shape index (κ3) is 4.86. The van der Waals surface area contributed by atoms with Crippen molar-refractivity contribution < 1.29 is 25.8 Å². The van der Waals surface area contributed by atoms with E-state index >= 15 is 0 Å². The number of hydrogen-bond donors (Lipinski definition) is 0. The van der Waals surface area contributed by atoms with E-state index in [4.69, 9.17) is 19.8 Å². The Hall–Kier alpha value is -5.26. The summed E-state index contributed by atoms with van der Waals surface area (Å²) in [5.41, 5.74) is 8.38. The molecular weight excluding hydrogens is 800 g/mol. The molecule has 8 heteroatoms. The maximum Gasteiger partial charge on any atom is 2.00 e. The minimum atomic E-state index is -0.0691. The van der Waals surface area contributed by atoms with E-state index in [0.717, 1.165) is 60.8 Å². The van der Waals surface area contributed by atoms with Crippen molar-refractivity contribution in [3.8, 4) is 23.1 Å². The van der Waals surface area contributed by atoms with Crippen LogP contribution in [0.25, 0.3) is 60.8 Å². The molecule has 0 radical (unpaired) electrons. The van der Waals surface area contributed by atoms with Crippen LogP contribution in [0.3, 0.4) is 0 Å². The summed E-state index contributed by atoms with van der Waals surface area (Å²) in [6.07, 6.45) is 3.88. The molecule has 50 heavy (non-hydrogen) atoms. The smallest absolute Gasteiger partial charge is 0.503 e. The summed E-state index contributed by atoms with van der Waals surface area (Å²) in [6.45, 7) is 12.9. The van der Waals surface area contributed by atoms with E-state index in [0.29, 0.717) is 17.3 Å². The molecule has 9 aromatic rings. The number of para-hydroxylation sites is 2. The number of fused-ring (bicyclic) bond motifs is 9. The van der Waals surface area contributed by atoms with Crippen LogP contribution >= 0.6 is 0 Å². The molecule has 0 aliphatic rings. The first-order valence-electron chi connectivity index (χ1n) is 16.6. The molecular formula is C42H34N6OPt. The van der Waals surface area contributed by atoms with E-state index in [2.05, 4.69) is 129 Å². The summed E-state index contributed by atoms with van der Waals surface area (Å²) in [4.78, 5) is 9.72. The second-order valence-electron chi connectivity index (χ2n) is 13.8. The molecule has 0 aliphatic heterocycles. The van der Waals surface area contributed by atoms with Crippen LogP contribution in [0.1, 0.15) is 43.3 Å². The third-order valence-electron chi connectivity index (χ3n) is 9.48. The van der Waals surface area contributed by atoms with E-state index < -0.39 is 0 Å². The Bertz CT molecular complexity index is 2760. The summed E-state index contributed by atoms with van der Waals surface area (Å²) < 4.78 is 12.9. The van der Waals surface area contributed by atoms with E-state index in [9.17, 15) is 0 Å². The number of benzene rings is 5. The third-order valence-corrected chi connectivity index (χ3v) is 9.48. The molecule has 7 nitrogen and oxygen atoms in total. The van der Waals surface area contributed by atoms with Gasteiger partial charge in [-0.15, -0.1) is 29.7 Å². The number of ether oxygens (including phenoxy) is 1. The molecule has 0 fully saturated rings. The van der Waals surface area contributed by atoms with Gasteiger partial charge in [0.15, 0.2) is 0 Å². The number of aromatic nitrogens is 6. The average Bonchev–Trinajstić information content (AvgIpc) is 3.79. The molecule has 0 unspecified atom stereocenters. The Balaban J connectivity index is 0.00000361. The second kappa shape index (κ2) is 11.7. The van der Waals surface area contributed by atoms with Gasteiger partial charge in [0.2, 0.25) is 5.95 Å². The number of aryl methyl sites for hydroxylation is 3. The molecule has 0 saturated carbocycles. The normalized spacial score (nSPS) is 12.0. The van der Waals surface area contributed by atoms with Gasteiger partial charge in [0.05, 0.1) is 16.9 Å². The van der Waals surface area contributed by atoms with Crippen molar-refractivity contribution in [3.63, 3.8) is 0 Å². The van der Waals surface area contributed by atoms with E-state index in [1.807, 2.05) is 36.0 Å². The Morgan fingerprint density at radius 3 is 2.20 bits per heavy atom. The maximum atomic E-state index is 6.57. The number of nitrogens with zero attached hydrogens (tertiary/aromatic N) is 6. The van der Waals surface area contributed by atoms with Gasteiger partial charge in [-0.2, -0.15) is 11.2 Å². The SMILES string of the molecule is Cc1nc2c3[c-]c(Oc4[c-]c5c(cc4)c4ccccc4n5-c4nccn4-c4c(C)cccc4C)ccc3c3c(C(C)(C)C)cccc3n2n1.[Pt+2]. The summed E-state index contributed by atoms with van der Waals surface area (Å²) in [7, 11) is 0. The fraction of sp³-hybridized carbons (Fsp3) is 0.167. The Kier molecular flexibility index (Phi) is 7.46. The van der Waals surface area contributed by atoms with E-state index in [1.54, 1.807) is 0 Å². The molecule has 4 heterocycles. The van der Waals surface area contributed by atoms with Crippen LogP contribution in [-0.4, -0.2) is 28.7 Å². The Labute approximate surface area is 304 Å². The van der Waals surface area contributed by atoms with Gasteiger partial charge in [-0.1, -0.05) is 91.7 Å². The molecule has 5 aromatic carbocycles. The molecule has 0 amide bonds. The van der Waals surface area contributed by atoms with Crippen LogP contribution in [0, 0.1) is 32.9 Å². The van der Waals surface area contributed by atoms with Crippen LogP contribution in [0.2, 0.25) is 0 Å². The first-order chi connectivity index (χ1) is 23.7. The first-order valence-corrected chi connectivity index (χ1v) is 16.6. The first kappa shape index (κ1) is 32.0. The summed E-state index contributed by atoms with van der Waals surface area (Å²) in [5, 5.41) is 10.1. The van der Waals surface area contributed by atoms with Gasteiger partial charge in [0, 0.05) is 29.4 Å².